The quantitative estimate of drug-likeness (QED) is 0.510. The van der Waals surface area contributed by atoms with Gasteiger partial charge in [-0.15, -0.1) is 11.8 Å². The Hall–Kier alpha value is -0.760. The first-order valence-corrected chi connectivity index (χ1v) is 7.64. The molecule has 1 aromatic rings. The van der Waals surface area contributed by atoms with Gasteiger partial charge in [-0.25, -0.2) is 0 Å². The third-order valence-electron chi connectivity index (χ3n) is 3.14. The van der Waals surface area contributed by atoms with E-state index in [9.17, 15) is 4.79 Å². The van der Waals surface area contributed by atoms with Gasteiger partial charge in [-0.3, -0.25) is 4.79 Å². The van der Waals surface area contributed by atoms with Crippen LogP contribution in [0.15, 0.2) is 29.2 Å². The molecule has 0 aromatic heterocycles. The molecule has 0 fully saturated rings. The molecule has 0 saturated carbocycles. The van der Waals surface area contributed by atoms with Crippen LogP contribution in [0.25, 0.3) is 0 Å². The fraction of sp³-hybridized carbons (Fsp3) is 0.533. The Kier molecular flexibility index (Phi) is 6.35. The number of rotatable bonds is 7. The van der Waals surface area contributed by atoms with Gasteiger partial charge in [0.2, 0.25) is 0 Å². The summed E-state index contributed by atoms with van der Waals surface area (Å²) < 4.78 is 0. The van der Waals surface area contributed by atoms with E-state index in [1.807, 2.05) is 30.5 Å². The van der Waals surface area contributed by atoms with Crippen LogP contribution in [0.2, 0.25) is 0 Å². The first-order valence-electron chi connectivity index (χ1n) is 6.41. The second-order valence-corrected chi connectivity index (χ2v) is 5.16. The van der Waals surface area contributed by atoms with Crippen molar-refractivity contribution < 1.29 is 4.79 Å². The van der Waals surface area contributed by atoms with Crippen LogP contribution in [-0.4, -0.2) is 12.0 Å². The highest BCUT2D eigenvalue weighted by molar-refractivity contribution is 7.98. The Balaban J connectivity index is 2.85. The predicted molar refractivity (Wildman–Crippen MR) is 75.9 cm³/mol. The molecule has 1 aromatic carbocycles. The lowest BCUT2D eigenvalue weighted by Gasteiger charge is -2.15. The van der Waals surface area contributed by atoms with Gasteiger partial charge >= 0.3 is 0 Å². The Morgan fingerprint density at radius 2 is 2.00 bits per heavy atom. The van der Waals surface area contributed by atoms with Gasteiger partial charge in [-0.1, -0.05) is 44.9 Å². The Labute approximate surface area is 109 Å². The van der Waals surface area contributed by atoms with Gasteiger partial charge in [0, 0.05) is 16.4 Å². The zero-order valence-electron chi connectivity index (χ0n) is 11.0. The molecule has 0 aliphatic heterocycles. The Bertz CT molecular complexity index is 360. The number of carbonyl (C=O) groups excluding carboxylic acids is 1. The van der Waals surface area contributed by atoms with E-state index < -0.39 is 0 Å². The standard InChI is InChI=1S/C15H22OS/c1-4-6-9-12(5-2)15(16)13-10-7-8-11-14(13)17-3/h7-8,10-12H,4-6,9H2,1-3H3. The van der Waals surface area contributed by atoms with Crippen LogP contribution in [0.4, 0.5) is 0 Å². The molecule has 0 N–H and O–H groups in total. The molecule has 17 heavy (non-hydrogen) atoms. The predicted octanol–water partition coefficient (Wildman–Crippen LogP) is 4.81. The van der Waals surface area contributed by atoms with E-state index in [2.05, 4.69) is 13.8 Å². The van der Waals surface area contributed by atoms with Gasteiger partial charge in [0.25, 0.3) is 0 Å². The lowest BCUT2D eigenvalue weighted by molar-refractivity contribution is 0.0905. The third-order valence-corrected chi connectivity index (χ3v) is 3.94. The van der Waals surface area contributed by atoms with Gasteiger partial charge < -0.3 is 0 Å². The first kappa shape index (κ1) is 14.3. The van der Waals surface area contributed by atoms with Crippen molar-refractivity contribution in [3.63, 3.8) is 0 Å². The average molecular weight is 250 g/mol. The van der Waals surface area contributed by atoms with Crippen LogP contribution in [-0.2, 0) is 0 Å². The molecule has 1 rings (SSSR count). The van der Waals surface area contributed by atoms with E-state index in [1.54, 1.807) is 11.8 Å². The summed E-state index contributed by atoms with van der Waals surface area (Å²) in [4.78, 5) is 13.6. The molecule has 0 radical (unpaired) electrons. The van der Waals surface area contributed by atoms with Crippen LogP contribution in [0.3, 0.4) is 0 Å². The lowest BCUT2D eigenvalue weighted by atomic mass is 9.90. The summed E-state index contributed by atoms with van der Waals surface area (Å²) >= 11 is 1.65. The second kappa shape index (κ2) is 7.54. The molecule has 0 heterocycles. The van der Waals surface area contributed by atoms with Gasteiger partial charge in [0.15, 0.2) is 5.78 Å². The molecule has 0 amide bonds. The minimum absolute atomic E-state index is 0.197. The third kappa shape index (κ3) is 3.88. The number of hydrogen-bond donors (Lipinski definition) is 0. The normalized spacial score (nSPS) is 12.4. The lowest BCUT2D eigenvalue weighted by Crippen LogP contribution is -2.14. The molecule has 2 heteroatoms. The van der Waals surface area contributed by atoms with E-state index in [1.165, 1.54) is 0 Å². The van der Waals surface area contributed by atoms with E-state index in [4.69, 9.17) is 0 Å². The van der Waals surface area contributed by atoms with Crippen molar-refractivity contribution in [3.05, 3.63) is 29.8 Å². The molecule has 1 nitrogen and oxygen atoms in total. The van der Waals surface area contributed by atoms with Crippen LogP contribution in [0, 0.1) is 5.92 Å². The fourth-order valence-corrected chi connectivity index (χ4v) is 2.64. The maximum Gasteiger partial charge on any atom is 0.167 e. The van der Waals surface area contributed by atoms with Gasteiger partial charge in [-0.05, 0) is 25.2 Å². The van der Waals surface area contributed by atoms with Crippen molar-refractivity contribution in [1.29, 1.82) is 0 Å². The zero-order chi connectivity index (χ0) is 12.7. The smallest absolute Gasteiger partial charge is 0.167 e. The van der Waals surface area contributed by atoms with Crippen LogP contribution >= 0.6 is 11.8 Å². The summed E-state index contributed by atoms with van der Waals surface area (Å²) in [5.74, 6) is 0.522. The van der Waals surface area contributed by atoms with E-state index >= 15 is 0 Å². The Morgan fingerprint density at radius 3 is 2.59 bits per heavy atom. The molecular formula is C15H22OS. The van der Waals surface area contributed by atoms with Gasteiger partial charge in [0.1, 0.15) is 0 Å². The van der Waals surface area contributed by atoms with Crippen molar-refractivity contribution in [2.75, 3.05) is 6.26 Å². The van der Waals surface area contributed by atoms with Crippen molar-refractivity contribution in [1.82, 2.24) is 0 Å². The molecule has 94 valence electrons. The highest BCUT2D eigenvalue weighted by Crippen LogP contribution is 2.25. The molecular weight excluding hydrogens is 228 g/mol. The number of unbranched alkanes of at least 4 members (excludes halogenated alkanes) is 1. The molecule has 0 bridgehead atoms. The maximum absolute atomic E-state index is 12.4. The van der Waals surface area contributed by atoms with Crippen LogP contribution in [0.5, 0.6) is 0 Å². The number of thioether (sulfide) groups is 1. The highest BCUT2D eigenvalue weighted by atomic mass is 32.2. The fourth-order valence-electron chi connectivity index (χ4n) is 2.04. The first-order chi connectivity index (χ1) is 8.24. The largest absolute Gasteiger partial charge is 0.294 e. The molecule has 0 spiro atoms. The molecule has 0 aliphatic carbocycles. The number of hydrogen-bond acceptors (Lipinski definition) is 2. The summed E-state index contributed by atoms with van der Waals surface area (Å²) in [5, 5.41) is 0. The maximum atomic E-state index is 12.4. The van der Waals surface area contributed by atoms with Crippen LogP contribution in [0.1, 0.15) is 49.9 Å². The highest BCUT2D eigenvalue weighted by Gasteiger charge is 2.19. The monoisotopic (exact) mass is 250 g/mol. The minimum atomic E-state index is 0.197. The molecule has 0 aliphatic rings. The topological polar surface area (TPSA) is 17.1 Å². The number of ketones is 1. The number of carbonyl (C=O) groups is 1. The zero-order valence-corrected chi connectivity index (χ0v) is 11.8. The SMILES string of the molecule is CCCCC(CC)C(=O)c1ccccc1SC. The van der Waals surface area contributed by atoms with E-state index in [0.717, 1.165) is 36.1 Å². The summed E-state index contributed by atoms with van der Waals surface area (Å²) in [7, 11) is 0. The van der Waals surface area contributed by atoms with Crippen molar-refractivity contribution in [3.8, 4) is 0 Å². The Morgan fingerprint density at radius 1 is 1.29 bits per heavy atom. The van der Waals surface area contributed by atoms with E-state index in [0.29, 0.717) is 5.78 Å². The summed E-state index contributed by atoms with van der Waals surface area (Å²) in [6.45, 7) is 4.28. The van der Waals surface area contributed by atoms with Gasteiger partial charge in [-0.2, -0.15) is 0 Å². The van der Waals surface area contributed by atoms with Crippen molar-refractivity contribution >= 4 is 17.5 Å². The molecule has 0 saturated heterocycles. The number of Topliss-reactive ketones (excluding diaryl/α,β-unsaturated/α-hetero) is 1. The summed E-state index contributed by atoms with van der Waals surface area (Å²) in [5.41, 5.74) is 0.906. The van der Waals surface area contributed by atoms with Gasteiger partial charge in [0.05, 0.1) is 0 Å². The van der Waals surface area contributed by atoms with E-state index in [-0.39, 0.29) is 5.92 Å². The molecule has 1 unspecified atom stereocenters. The average Bonchev–Trinajstić information content (AvgIpc) is 2.39. The second-order valence-electron chi connectivity index (χ2n) is 4.31. The van der Waals surface area contributed by atoms with Crippen LogP contribution < -0.4 is 0 Å². The summed E-state index contributed by atoms with van der Waals surface area (Å²) in [6.07, 6.45) is 6.30. The number of benzene rings is 1. The summed E-state index contributed by atoms with van der Waals surface area (Å²) in [6, 6.07) is 7.95. The minimum Gasteiger partial charge on any atom is -0.294 e. The molecule has 1 atom stereocenters. The van der Waals surface area contributed by atoms with Crippen molar-refractivity contribution in [2.45, 2.75) is 44.4 Å². The van der Waals surface area contributed by atoms with Crippen molar-refractivity contribution in [2.24, 2.45) is 5.92 Å².